The molecule has 5 nitrogen and oxygen atoms in total. The molecular weight excluding hydrogens is 374 g/mol. The summed E-state index contributed by atoms with van der Waals surface area (Å²) in [7, 11) is -2.98. The Balaban J connectivity index is 1.71. The molecule has 0 N–H and O–H groups in total. The predicted molar refractivity (Wildman–Crippen MR) is 111 cm³/mol. The van der Waals surface area contributed by atoms with E-state index in [0.717, 1.165) is 11.4 Å². The first-order valence-corrected chi connectivity index (χ1v) is 11.5. The summed E-state index contributed by atoms with van der Waals surface area (Å²) in [5, 5.41) is 0. The molecule has 0 unspecified atom stereocenters. The molecule has 0 radical (unpaired) electrons. The van der Waals surface area contributed by atoms with Gasteiger partial charge < -0.3 is 9.30 Å². The van der Waals surface area contributed by atoms with Crippen molar-refractivity contribution in [3.05, 3.63) is 52.8 Å². The van der Waals surface area contributed by atoms with E-state index in [1.807, 2.05) is 48.7 Å². The zero-order valence-electron chi connectivity index (χ0n) is 17.3. The summed E-state index contributed by atoms with van der Waals surface area (Å²) in [6.45, 7) is 10.2. The van der Waals surface area contributed by atoms with Crippen molar-refractivity contribution in [3.8, 4) is 5.75 Å². The van der Waals surface area contributed by atoms with Gasteiger partial charge in [-0.2, -0.15) is 0 Å². The van der Waals surface area contributed by atoms with Crippen molar-refractivity contribution in [2.24, 2.45) is 0 Å². The summed E-state index contributed by atoms with van der Waals surface area (Å²) in [4.78, 5) is 12.7. The third kappa shape index (κ3) is 4.32. The number of ether oxygens (including phenoxy) is 1. The van der Waals surface area contributed by atoms with Gasteiger partial charge in [-0.1, -0.05) is 32.9 Å². The van der Waals surface area contributed by atoms with Crippen molar-refractivity contribution in [1.82, 2.24) is 4.57 Å². The number of benzene rings is 1. The first-order valence-electron chi connectivity index (χ1n) is 9.63. The monoisotopic (exact) mass is 403 g/mol. The van der Waals surface area contributed by atoms with Gasteiger partial charge in [0.1, 0.15) is 5.75 Å². The van der Waals surface area contributed by atoms with Gasteiger partial charge in [0.2, 0.25) is 5.78 Å². The Hall–Kier alpha value is -2.08. The highest BCUT2D eigenvalue weighted by atomic mass is 32.2. The second kappa shape index (κ2) is 7.39. The lowest BCUT2D eigenvalue weighted by Crippen LogP contribution is -2.16. The quantitative estimate of drug-likeness (QED) is 0.707. The Morgan fingerprint density at radius 1 is 1.18 bits per heavy atom. The summed E-state index contributed by atoms with van der Waals surface area (Å²) in [5.74, 6) is 0.927. The van der Waals surface area contributed by atoms with Gasteiger partial charge in [0.15, 0.2) is 16.4 Å². The summed E-state index contributed by atoms with van der Waals surface area (Å²) in [6, 6.07) is 9.58. The smallest absolute Gasteiger partial charge is 0.202 e. The Kier molecular flexibility index (Phi) is 5.45. The fourth-order valence-electron chi connectivity index (χ4n) is 3.88. The maximum absolute atomic E-state index is 12.7. The van der Waals surface area contributed by atoms with Crippen LogP contribution in [0.4, 0.5) is 0 Å². The molecule has 28 heavy (non-hydrogen) atoms. The van der Waals surface area contributed by atoms with Crippen LogP contribution in [-0.2, 0) is 15.3 Å². The van der Waals surface area contributed by atoms with E-state index in [2.05, 4.69) is 20.8 Å². The normalized spacial score (nSPS) is 19.0. The van der Waals surface area contributed by atoms with E-state index in [0.29, 0.717) is 17.7 Å². The summed E-state index contributed by atoms with van der Waals surface area (Å²) in [5.41, 5.74) is 3.61. The maximum atomic E-state index is 12.7. The van der Waals surface area contributed by atoms with E-state index in [4.69, 9.17) is 4.74 Å². The summed E-state index contributed by atoms with van der Waals surface area (Å²) in [6.07, 6.45) is 0.600. The molecule has 3 rings (SSSR count). The second-order valence-electron chi connectivity index (χ2n) is 8.70. The molecule has 1 aromatic heterocycles. The van der Waals surface area contributed by atoms with E-state index in [1.165, 1.54) is 5.56 Å². The number of Topliss-reactive ketones (excluding diaryl/α,β-unsaturated/α-hetero) is 1. The average molecular weight is 404 g/mol. The zero-order chi connectivity index (χ0) is 20.7. The van der Waals surface area contributed by atoms with Crippen LogP contribution in [0.25, 0.3) is 0 Å². The van der Waals surface area contributed by atoms with E-state index in [-0.39, 0.29) is 35.4 Å². The number of sulfone groups is 1. The highest BCUT2D eigenvalue weighted by Gasteiger charge is 2.31. The molecule has 1 saturated heterocycles. The van der Waals surface area contributed by atoms with Crippen molar-refractivity contribution >= 4 is 15.6 Å². The van der Waals surface area contributed by atoms with Gasteiger partial charge >= 0.3 is 0 Å². The third-order valence-electron chi connectivity index (χ3n) is 5.45. The van der Waals surface area contributed by atoms with Crippen LogP contribution in [0.5, 0.6) is 5.75 Å². The van der Waals surface area contributed by atoms with E-state index < -0.39 is 9.84 Å². The van der Waals surface area contributed by atoms with Gasteiger partial charge in [0.25, 0.3) is 0 Å². The fraction of sp³-hybridized carbons (Fsp3) is 0.500. The van der Waals surface area contributed by atoms with Gasteiger partial charge in [-0.15, -0.1) is 0 Å². The van der Waals surface area contributed by atoms with Crippen LogP contribution in [0.2, 0.25) is 0 Å². The number of carbonyl (C=O) groups excluding carboxylic acids is 1. The Morgan fingerprint density at radius 2 is 1.82 bits per heavy atom. The van der Waals surface area contributed by atoms with Crippen molar-refractivity contribution in [3.63, 3.8) is 0 Å². The van der Waals surface area contributed by atoms with Crippen molar-refractivity contribution < 1.29 is 17.9 Å². The number of nitrogens with zero attached hydrogens (tertiary/aromatic N) is 1. The standard InChI is InChI=1S/C22H29NO4S/c1-15-12-20(16(2)23(15)18-10-11-28(25,26)14-18)21(24)13-27-19-8-6-17(7-9-19)22(3,4)5/h6-9,12,18H,10-11,13-14H2,1-5H3/t18-/m0/s1. The third-order valence-corrected chi connectivity index (χ3v) is 7.20. The Morgan fingerprint density at radius 3 is 2.36 bits per heavy atom. The number of hydrogen-bond acceptors (Lipinski definition) is 4. The number of carbonyl (C=O) groups is 1. The van der Waals surface area contributed by atoms with Crippen molar-refractivity contribution in [1.29, 1.82) is 0 Å². The van der Waals surface area contributed by atoms with Gasteiger partial charge in [-0.25, -0.2) is 8.42 Å². The van der Waals surface area contributed by atoms with Crippen molar-refractivity contribution in [2.75, 3.05) is 18.1 Å². The molecule has 0 bridgehead atoms. The van der Waals surface area contributed by atoms with Gasteiger partial charge in [-0.05, 0) is 49.4 Å². The van der Waals surface area contributed by atoms with E-state index in [1.54, 1.807) is 0 Å². The molecule has 6 heteroatoms. The number of rotatable bonds is 5. The van der Waals surface area contributed by atoms with E-state index >= 15 is 0 Å². The second-order valence-corrected chi connectivity index (χ2v) is 10.9. The predicted octanol–water partition coefficient (Wildman–Crippen LogP) is 4.02. The zero-order valence-corrected chi connectivity index (χ0v) is 18.1. The molecule has 1 aromatic carbocycles. The Labute approximate surface area is 167 Å². The molecule has 0 amide bonds. The molecular formula is C22H29NO4S. The maximum Gasteiger partial charge on any atom is 0.202 e. The number of hydrogen-bond donors (Lipinski definition) is 0. The lowest BCUT2D eigenvalue weighted by atomic mass is 9.87. The molecule has 0 saturated carbocycles. The molecule has 2 aromatic rings. The van der Waals surface area contributed by atoms with Crippen LogP contribution in [0.15, 0.2) is 30.3 Å². The van der Waals surface area contributed by atoms with Crippen molar-refractivity contribution in [2.45, 2.75) is 52.5 Å². The molecule has 1 atom stereocenters. The van der Waals surface area contributed by atoms with Gasteiger partial charge in [0, 0.05) is 23.0 Å². The highest BCUT2D eigenvalue weighted by Crippen LogP contribution is 2.29. The largest absolute Gasteiger partial charge is 0.485 e. The highest BCUT2D eigenvalue weighted by molar-refractivity contribution is 7.91. The Bertz CT molecular complexity index is 979. The SMILES string of the molecule is Cc1cc(C(=O)COc2ccc(C(C)(C)C)cc2)c(C)n1[C@H]1CCS(=O)(=O)C1. The lowest BCUT2D eigenvalue weighted by molar-refractivity contribution is 0.0920. The van der Waals surface area contributed by atoms with E-state index in [9.17, 15) is 13.2 Å². The average Bonchev–Trinajstić information content (AvgIpc) is 3.10. The van der Waals surface area contributed by atoms with Crippen LogP contribution in [0, 0.1) is 13.8 Å². The first-order chi connectivity index (χ1) is 13.0. The lowest BCUT2D eigenvalue weighted by Gasteiger charge is -2.19. The van der Waals surface area contributed by atoms with Crippen LogP contribution >= 0.6 is 0 Å². The molecule has 0 spiro atoms. The minimum absolute atomic E-state index is 0.0396. The summed E-state index contributed by atoms with van der Waals surface area (Å²) >= 11 is 0. The molecule has 152 valence electrons. The number of ketones is 1. The minimum atomic E-state index is -2.98. The van der Waals surface area contributed by atoms with Crippen LogP contribution in [-0.4, -0.2) is 36.9 Å². The molecule has 1 aliphatic rings. The van der Waals surface area contributed by atoms with Gasteiger partial charge in [0.05, 0.1) is 11.5 Å². The molecule has 1 fully saturated rings. The molecule has 2 heterocycles. The first kappa shape index (κ1) is 20.6. The van der Waals surface area contributed by atoms with Crippen LogP contribution in [0.3, 0.4) is 0 Å². The minimum Gasteiger partial charge on any atom is -0.485 e. The van der Waals surface area contributed by atoms with Crippen LogP contribution < -0.4 is 4.74 Å². The summed E-state index contributed by atoms with van der Waals surface area (Å²) < 4.78 is 31.3. The molecule has 0 aliphatic carbocycles. The fourth-order valence-corrected chi connectivity index (χ4v) is 5.58. The number of aromatic nitrogens is 1. The molecule has 1 aliphatic heterocycles. The number of aryl methyl sites for hydroxylation is 1. The van der Waals surface area contributed by atoms with Crippen LogP contribution in [0.1, 0.15) is 60.5 Å². The van der Waals surface area contributed by atoms with Gasteiger partial charge in [-0.3, -0.25) is 4.79 Å². The topological polar surface area (TPSA) is 65.4 Å².